The van der Waals surface area contributed by atoms with Crippen LogP contribution in [0.3, 0.4) is 0 Å². The first-order valence-electron chi connectivity index (χ1n) is 4.89. The van der Waals surface area contributed by atoms with Crippen LogP contribution in [-0.4, -0.2) is 35.2 Å². The van der Waals surface area contributed by atoms with Crippen molar-refractivity contribution in [1.82, 2.24) is 0 Å². The van der Waals surface area contributed by atoms with Crippen molar-refractivity contribution in [2.75, 3.05) is 25.6 Å². The molecule has 0 radical (unpaired) electrons. The number of hydrogen-bond donors (Lipinski definition) is 2. The summed E-state index contributed by atoms with van der Waals surface area (Å²) in [5, 5.41) is 32.7. The molecule has 0 aliphatic carbocycles. The highest BCUT2D eigenvalue weighted by molar-refractivity contribution is 5.70. The lowest BCUT2D eigenvalue weighted by atomic mass is 10.2. The van der Waals surface area contributed by atoms with Gasteiger partial charge in [0.15, 0.2) is 5.75 Å². The van der Waals surface area contributed by atoms with E-state index in [-0.39, 0.29) is 24.7 Å². The number of nitrogens with one attached hydrogen (secondary N) is 1. The Morgan fingerprint density at radius 2 is 1.89 bits per heavy atom. The summed E-state index contributed by atoms with van der Waals surface area (Å²) in [7, 11) is 1.45. The molecular weight excluding hydrogens is 246 g/mol. The van der Waals surface area contributed by atoms with Gasteiger partial charge in [-0.05, 0) is 0 Å². The van der Waals surface area contributed by atoms with Gasteiger partial charge in [0.2, 0.25) is 0 Å². The Kier molecular flexibility index (Phi) is 4.38. The molecule has 0 atom stereocenters. The van der Waals surface area contributed by atoms with Crippen molar-refractivity contribution in [1.29, 1.82) is 0 Å². The molecule has 0 amide bonds. The van der Waals surface area contributed by atoms with E-state index < -0.39 is 21.2 Å². The van der Waals surface area contributed by atoms with Gasteiger partial charge in [-0.2, -0.15) is 0 Å². The van der Waals surface area contributed by atoms with Crippen LogP contribution in [0.2, 0.25) is 0 Å². The molecule has 0 saturated heterocycles. The van der Waals surface area contributed by atoms with Crippen LogP contribution >= 0.6 is 0 Å². The Bertz CT molecular complexity index is 476. The molecule has 0 spiro atoms. The third kappa shape index (κ3) is 2.83. The zero-order valence-corrected chi connectivity index (χ0v) is 9.45. The van der Waals surface area contributed by atoms with Crippen molar-refractivity contribution in [3.8, 4) is 5.75 Å². The summed E-state index contributed by atoms with van der Waals surface area (Å²) in [6.45, 7) is -0.454. The summed E-state index contributed by atoms with van der Waals surface area (Å²) < 4.78 is 4.97. The van der Waals surface area contributed by atoms with Crippen molar-refractivity contribution in [2.45, 2.75) is 0 Å². The van der Waals surface area contributed by atoms with Crippen molar-refractivity contribution in [2.24, 2.45) is 0 Å². The third-order valence-electron chi connectivity index (χ3n) is 2.09. The van der Waals surface area contributed by atoms with Crippen molar-refractivity contribution in [3.63, 3.8) is 0 Å². The highest BCUT2D eigenvalue weighted by Crippen LogP contribution is 2.37. The first-order valence-corrected chi connectivity index (χ1v) is 4.89. The van der Waals surface area contributed by atoms with Crippen LogP contribution in [0, 0.1) is 20.2 Å². The number of anilines is 1. The van der Waals surface area contributed by atoms with Gasteiger partial charge >= 0.3 is 5.69 Å². The van der Waals surface area contributed by atoms with Crippen LogP contribution in [0.4, 0.5) is 17.1 Å². The number of aliphatic hydroxyl groups excluding tert-OH is 1. The van der Waals surface area contributed by atoms with Crippen LogP contribution in [-0.2, 0) is 0 Å². The number of ether oxygens (including phenoxy) is 1. The second-order valence-electron chi connectivity index (χ2n) is 3.17. The second kappa shape index (κ2) is 5.77. The van der Waals surface area contributed by atoms with Gasteiger partial charge in [0.25, 0.3) is 5.69 Å². The zero-order chi connectivity index (χ0) is 13.7. The van der Waals surface area contributed by atoms with Crippen LogP contribution in [0.25, 0.3) is 0 Å². The summed E-state index contributed by atoms with van der Waals surface area (Å²) in [4.78, 5) is 20.0. The molecule has 0 aliphatic heterocycles. The number of benzene rings is 1. The van der Waals surface area contributed by atoms with E-state index in [1.165, 1.54) is 7.05 Å². The number of nitro groups is 2. The summed E-state index contributed by atoms with van der Waals surface area (Å²) >= 11 is 0. The minimum atomic E-state index is -0.779. The topological polar surface area (TPSA) is 128 Å². The standard InChI is InChI=1S/C9H11N3O6/c1-10-6-4-9(18-3-2-13)8(12(16)17)5-7(6)11(14)15/h4-5,10,13H,2-3H2,1H3. The molecule has 0 aromatic heterocycles. The Morgan fingerprint density at radius 1 is 1.28 bits per heavy atom. The van der Waals surface area contributed by atoms with E-state index in [1.54, 1.807) is 0 Å². The number of aliphatic hydroxyl groups is 1. The van der Waals surface area contributed by atoms with Gasteiger partial charge < -0.3 is 15.2 Å². The first kappa shape index (κ1) is 13.6. The van der Waals surface area contributed by atoms with Crippen LogP contribution in [0.5, 0.6) is 5.75 Å². The Hall–Kier alpha value is -2.42. The van der Waals surface area contributed by atoms with Crippen LogP contribution in [0.15, 0.2) is 12.1 Å². The normalized spacial score (nSPS) is 9.89. The van der Waals surface area contributed by atoms with E-state index in [0.29, 0.717) is 0 Å². The summed E-state index contributed by atoms with van der Waals surface area (Å²) in [5.41, 5.74) is -0.840. The fourth-order valence-electron chi connectivity index (χ4n) is 1.32. The molecule has 98 valence electrons. The average molecular weight is 257 g/mol. The Morgan fingerprint density at radius 3 is 2.33 bits per heavy atom. The van der Waals surface area contributed by atoms with E-state index >= 15 is 0 Å². The average Bonchev–Trinajstić information content (AvgIpc) is 2.34. The molecule has 0 aliphatic rings. The van der Waals surface area contributed by atoms with Crippen LogP contribution < -0.4 is 10.1 Å². The van der Waals surface area contributed by atoms with Gasteiger partial charge in [0.05, 0.1) is 22.5 Å². The SMILES string of the molecule is CNc1cc(OCCO)c([N+](=O)[O-])cc1[N+](=O)[O-]. The summed E-state index contributed by atoms with van der Waals surface area (Å²) in [6.07, 6.45) is 0. The molecule has 0 fully saturated rings. The molecule has 18 heavy (non-hydrogen) atoms. The Labute approximate surface area is 101 Å². The molecule has 1 rings (SSSR count). The quantitative estimate of drug-likeness (QED) is 0.572. The molecule has 2 N–H and O–H groups in total. The minimum absolute atomic E-state index is 0.0959. The van der Waals surface area contributed by atoms with Gasteiger partial charge in [0.1, 0.15) is 12.3 Å². The van der Waals surface area contributed by atoms with Gasteiger partial charge in [0, 0.05) is 13.1 Å². The molecule has 0 heterocycles. The molecule has 0 saturated carbocycles. The maximum absolute atomic E-state index is 10.8. The van der Waals surface area contributed by atoms with E-state index in [2.05, 4.69) is 5.32 Å². The highest BCUT2D eigenvalue weighted by atomic mass is 16.6. The van der Waals surface area contributed by atoms with Gasteiger partial charge in [-0.3, -0.25) is 20.2 Å². The maximum Gasteiger partial charge on any atom is 0.317 e. The Balaban J connectivity index is 3.32. The zero-order valence-electron chi connectivity index (χ0n) is 9.45. The monoisotopic (exact) mass is 257 g/mol. The summed E-state index contributed by atoms with van der Waals surface area (Å²) in [5.74, 6) is -0.135. The van der Waals surface area contributed by atoms with E-state index in [9.17, 15) is 20.2 Å². The first-order chi connectivity index (χ1) is 8.51. The lowest BCUT2D eigenvalue weighted by molar-refractivity contribution is -0.394. The maximum atomic E-state index is 10.8. The third-order valence-corrected chi connectivity index (χ3v) is 2.09. The molecule has 1 aromatic rings. The van der Waals surface area contributed by atoms with Crippen molar-refractivity contribution >= 4 is 17.1 Å². The molecular formula is C9H11N3O6. The molecule has 1 aromatic carbocycles. The predicted octanol–water partition coefficient (Wildman–Crippen LogP) is 0.916. The predicted molar refractivity (Wildman–Crippen MR) is 61.9 cm³/mol. The number of nitrogens with zero attached hydrogens (tertiary/aromatic N) is 2. The lowest BCUT2D eigenvalue weighted by Crippen LogP contribution is -2.06. The number of rotatable bonds is 6. The van der Waals surface area contributed by atoms with Gasteiger partial charge in [-0.25, -0.2) is 0 Å². The molecule has 0 unspecified atom stereocenters. The summed E-state index contributed by atoms with van der Waals surface area (Å²) in [6, 6.07) is 1.98. The molecule has 9 heteroatoms. The van der Waals surface area contributed by atoms with Gasteiger partial charge in [-0.1, -0.05) is 0 Å². The van der Waals surface area contributed by atoms with Crippen molar-refractivity contribution < 1.29 is 19.7 Å². The van der Waals surface area contributed by atoms with E-state index in [1.807, 2.05) is 0 Å². The van der Waals surface area contributed by atoms with E-state index in [4.69, 9.17) is 9.84 Å². The van der Waals surface area contributed by atoms with Gasteiger partial charge in [-0.15, -0.1) is 0 Å². The lowest BCUT2D eigenvalue weighted by Gasteiger charge is -2.08. The van der Waals surface area contributed by atoms with Crippen molar-refractivity contribution in [3.05, 3.63) is 32.4 Å². The fraction of sp³-hybridized carbons (Fsp3) is 0.333. The number of hydrogen-bond acceptors (Lipinski definition) is 7. The fourth-order valence-corrected chi connectivity index (χ4v) is 1.32. The van der Waals surface area contributed by atoms with E-state index in [0.717, 1.165) is 12.1 Å². The minimum Gasteiger partial charge on any atom is -0.484 e. The smallest absolute Gasteiger partial charge is 0.317 e. The molecule has 0 bridgehead atoms. The highest BCUT2D eigenvalue weighted by Gasteiger charge is 2.24. The largest absolute Gasteiger partial charge is 0.484 e. The van der Waals surface area contributed by atoms with Crippen LogP contribution in [0.1, 0.15) is 0 Å². The molecule has 9 nitrogen and oxygen atoms in total. The number of nitro benzene ring substituents is 2. The second-order valence-corrected chi connectivity index (χ2v) is 3.17.